The maximum Gasteiger partial charge on any atom is 0.329 e. The normalized spacial score (nSPS) is 14.9. The summed E-state index contributed by atoms with van der Waals surface area (Å²) >= 11 is 1.58. The molecule has 0 aromatic heterocycles. The Bertz CT molecular complexity index is 693. The van der Waals surface area contributed by atoms with E-state index in [1.807, 2.05) is 18.4 Å². The Hall–Kier alpha value is -2.02. The first-order chi connectivity index (χ1) is 13.2. The topological polar surface area (TPSA) is 84.5 Å². The summed E-state index contributed by atoms with van der Waals surface area (Å²) in [7, 11) is 0. The number of benzene rings is 1. The Labute approximate surface area is 171 Å². The van der Waals surface area contributed by atoms with Gasteiger partial charge in [0.2, 0.25) is 0 Å². The van der Waals surface area contributed by atoms with Crippen molar-refractivity contribution in [3.63, 3.8) is 0 Å². The molecular formula is C21H30N2O4S. The number of hydrogen-bond donors (Lipinski definition) is 2. The SMILES string of the molecule is CSCC[C@H](NC(=O)c1ccc(C(C)(C)C)cc1)C(=O)OCC(=O)NC1CC1. The first-order valence-corrected chi connectivity index (χ1v) is 11.0. The van der Waals surface area contributed by atoms with Crippen LogP contribution in [0.15, 0.2) is 24.3 Å². The average molecular weight is 407 g/mol. The van der Waals surface area contributed by atoms with Crippen LogP contribution in [0.4, 0.5) is 0 Å². The predicted molar refractivity (Wildman–Crippen MR) is 112 cm³/mol. The number of rotatable bonds is 9. The number of carbonyl (C=O) groups is 3. The molecule has 2 amide bonds. The molecule has 1 atom stereocenters. The number of esters is 1. The smallest absolute Gasteiger partial charge is 0.329 e. The summed E-state index contributed by atoms with van der Waals surface area (Å²) in [5.74, 6) is -0.522. The van der Waals surface area contributed by atoms with Crippen molar-refractivity contribution in [3.05, 3.63) is 35.4 Å². The zero-order valence-corrected chi connectivity index (χ0v) is 17.9. The molecule has 2 rings (SSSR count). The van der Waals surface area contributed by atoms with Gasteiger partial charge < -0.3 is 15.4 Å². The van der Waals surface area contributed by atoms with Crippen LogP contribution in [0.5, 0.6) is 0 Å². The van der Waals surface area contributed by atoms with Gasteiger partial charge in [-0.05, 0) is 54.4 Å². The molecule has 1 aromatic rings. The van der Waals surface area contributed by atoms with E-state index in [0.717, 1.165) is 18.4 Å². The van der Waals surface area contributed by atoms with E-state index in [9.17, 15) is 14.4 Å². The molecule has 1 aliphatic rings. The summed E-state index contributed by atoms with van der Waals surface area (Å²) in [4.78, 5) is 36.7. The second kappa shape index (κ2) is 9.96. The van der Waals surface area contributed by atoms with Gasteiger partial charge in [-0.25, -0.2) is 4.79 Å². The fraction of sp³-hybridized carbons (Fsp3) is 0.571. The van der Waals surface area contributed by atoms with Crippen LogP contribution in [0, 0.1) is 0 Å². The summed E-state index contributed by atoms with van der Waals surface area (Å²) in [6, 6.07) is 6.80. The molecule has 0 saturated heterocycles. The first-order valence-electron chi connectivity index (χ1n) is 9.57. The van der Waals surface area contributed by atoms with E-state index < -0.39 is 12.0 Å². The lowest BCUT2D eigenvalue weighted by molar-refractivity contribution is -0.150. The molecule has 0 heterocycles. The molecule has 2 N–H and O–H groups in total. The van der Waals surface area contributed by atoms with Gasteiger partial charge in [0.25, 0.3) is 11.8 Å². The van der Waals surface area contributed by atoms with Gasteiger partial charge in [-0.3, -0.25) is 9.59 Å². The summed E-state index contributed by atoms with van der Waals surface area (Å²) in [5.41, 5.74) is 1.62. The highest BCUT2D eigenvalue weighted by atomic mass is 32.2. The average Bonchev–Trinajstić information content (AvgIpc) is 3.46. The Morgan fingerprint density at radius 1 is 1.18 bits per heavy atom. The van der Waals surface area contributed by atoms with E-state index >= 15 is 0 Å². The number of thioether (sulfide) groups is 1. The van der Waals surface area contributed by atoms with E-state index in [4.69, 9.17) is 4.74 Å². The fourth-order valence-electron chi connectivity index (χ4n) is 2.58. The standard InChI is InChI=1S/C21H30N2O4S/c1-21(2,3)15-7-5-14(6-8-15)19(25)23-17(11-12-28-4)20(26)27-13-18(24)22-16-9-10-16/h5-8,16-17H,9-13H2,1-4H3,(H,22,24)(H,23,25)/t17-/m0/s1. The lowest BCUT2D eigenvalue weighted by Gasteiger charge is -2.20. The Balaban J connectivity index is 1.94. The van der Waals surface area contributed by atoms with Crippen molar-refractivity contribution in [1.29, 1.82) is 0 Å². The molecule has 0 aliphatic heterocycles. The van der Waals surface area contributed by atoms with Crippen LogP contribution in [-0.4, -0.2) is 48.5 Å². The van der Waals surface area contributed by atoms with E-state index in [1.165, 1.54) is 0 Å². The fourth-order valence-corrected chi connectivity index (χ4v) is 3.05. The molecule has 6 nitrogen and oxygen atoms in total. The number of ether oxygens (including phenoxy) is 1. The molecule has 28 heavy (non-hydrogen) atoms. The molecule has 154 valence electrons. The van der Waals surface area contributed by atoms with E-state index in [2.05, 4.69) is 31.4 Å². The number of amides is 2. The lowest BCUT2D eigenvalue weighted by Crippen LogP contribution is -2.43. The van der Waals surface area contributed by atoms with Gasteiger partial charge >= 0.3 is 5.97 Å². The molecule has 1 saturated carbocycles. The summed E-state index contributed by atoms with van der Waals surface area (Å²) < 4.78 is 5.12. The lowest BCUT2D eigenvalue weighted by atomic mass is 9.86. The highest BCUT2D eigenvalue weighted by Crippen LogP contribution is 2.22. The molecule has 0 bridgehead atoms. The van der Waals surface area contributed by atoms with Crippen molar-refractivity contribution in [1.82, 2.24) is 10.6 Å². The zero-order chi connectivity index (χ0) is 20.7. The molecule has 0 radical (unpaired) electrons. The molecule has 1 aliphatic carbocycles. The molecule has 7 heteroatoms. The predicted octanol–water partition coefficient (Wildman–Crippen LogP) is 2.66. The summed E-state index contributed by atoms with van der Waals surface area (Å²) in [6.07, 6.45) is 4.31. The van der Waals surface area contributed by atoms with Gasteiger partial charge in [0.15, 0.2) is 6.61 Å². The van der Waals surface area contributed by atoms with Crippen LogP contribution in [0.2, 0.25) is 0 Å². The quantitative estimate of drug-likeness (QED) is 0.616. The van der Waals surface area contributed by atoms with E-state index in [1.54, 1.807) is 23.9 Å². The highest BCUT2D eigenvalue weighted by Gasteiger charge is 2.26. The van der Waals surface area contributed by atoms with Gasteiger partial charge in [0.1, 0.15) is 6.04 Å². The summed E-state index contributed by atoms with van der Waals surface area (Å²) in [5, 5.41) is 5.51. The van der Waals surface area contributed by atoms with Crippen molar-refractivity contribution in [2.75, 3.05) is 18.6 Å². The number of nitrogens with one attached hydrogen (secondary N) is 2. The van der Waals surface area contributed by atoms with Crippen LogP contribution in [0.3, 0.4) is 0 Å². The molecule has 0 spiro atoms. The summed E-state index contributed by atoms with van der Waals surface area (Å²) in [6.45, 7) is 6.00. The Morgan fingerprint density at radius 2 is 1.82 bits per heavy atom. The highest BCUT2D eigenvalue weighted by molar-refractivity contribution is 7.98. The molecule has 1 aromatic carbocycles. The van der Waals surface area contributed by atoms with Crippen LogP contribution < -0.4 is 10.6 Å². The Kier molecular flexibility index (Phi) is 7.92. The Morgan fingerprint density at radius 3 is 2.36 bits per heavy atom. The minimum atomic E-state index is -0.782. The van der Waals surface area contributed by atoms with Crippen molar-refractivity contribution in [3.8, 4) is 0 Å². The largest absolute Gasteiger partial charge is 0.454 e. The molecule has 0 unspecified atom stereocenters. The van der Waals surface area contributed by atoms with Crippen LogP contribution in [0.25, 0.3) is 0 Å². The monoisotopic (exact) mass is 406 g/mol. The van der Waals surface area contributed by atoms with Gasteiger partial charge in [0, 0.05) is 11.6 Å². The minimum Gasteiger partial charge on any atom is -0.454 e. The van der Waals surface area contributed by atoms with E-state index in [-0.39, 0.29) is 29.9 Å². The van der Waals surface area contributed by atoms with Gasteiger partial charge in [-0.15, -0.1) is 0 Å². The third-order valence-corrected chi connectivity index (χ3v) is 5.15. The van der Waals surface area contributed by atoms with Crippen LogP contribution in [0.1, 0.15) is 56.0 Å². The van der Waals surface area contributed by atoms with Crippen LogP contribution in [-0.2, 0) is 19.7 Å². The first kappa shape index (κ1) is 22.3. The van der Waals surface area contributed by atoms with Crippen molar-refractivity contribution < 1.29 is 19.1 Å². The molecular weight excluding hydrogens is 376 g/mol. The van der Waals surface area contributed by atoms with Crippen molar-refractivity contribution >= 4 is 29.5 Å². The minimum absolute atomic E-state index is 0.000730. The third-order valence-electron chi connectivity index (χ3n) is 4.50. The number of carbonyl (C=O) groups excluding carboxylic acids is 3. The van der Waals surface area contributed by atoms with Crippen LogP contribution >= 0.6 is 11.8 Å². The van der Waals surface area contributed by atoms with Gasteiger partial charge in [-0.2, -0.15) is 11.8 Å². The second-order valence-corrected chi connectivity index (χ2v) is 9.07. The van der Waals surface area contributed by atoms with Gasteiger partial charge in [0.05, 0.1) is 0 Å². The number of hydrogen-bond acceptors (Lipinski definition) is 5. The zero-order valence-electron chi connectivity index (χ0n) is 17.0. The maximum atomic E-state index is 12.6. The maximum absolute atomic E-state index is 12.6. The van der Waals surface area contributed by atoms with Crippen molar-refractivity contribution in [2.24, 2.45) is 0 Å². The van der Waals surface area contributed by atoms with E-state index in [0.29, 0.717) is 17.7 Å². The third kappa shape index (κ3) is 7.19. The molecule has 1 fully saturated rings. The van der Waals surface area contributed by atoms with Gasteiger partial charge in [-0.1, -0.05) is 32.9 Å². The second-order valence-electron chi connectivity index (χ2n) is 8.08. The van der Waals surface area contributed by atoms with Crippen molar-refractivity contribution in [2.45, 2.75) is 57.5 Å².